The number of hydrogen-bond acceptors (Lipinski definition) is 6. The van der Waals surface area contributed by atoms with Gasteiger partial charge in [-0.05, 0) is 66.8 Å². The average molecular weight is 549 g/mol. The van der Waals surface area contributed by atoms with Crippen LogP contribution in [0.3, 0.4) is 0 Å². The number of benzene rings is 2. The Hall–Kier alpha value is -2.43. The van der Waals surface area contributed by atoms with E-state index in [1.54, 1.807) is 16.2 Å². The van der Waals surface area contributed by atoms with Crippen molar-refractivity contribution >= 4 is 38.9 Å². The molecule has 36 heavy (non-hydrogen) atoms. The number of nitrogens with zero attached hydrogens (tertiary/aromatic N) is 2. The summed E-state index contributed by atoms with van der Waals surface area (Å²) in [5.41, 5.74) is 2.19. The van der Waals surface area contributed by atoms with Crippen LogP contribution in [0.15, 0.2) is 64.9 Å². The van der Waals surface area contributed by atoms with E-state index in [9.17, 15) is 13.2 Å². The normalized spacial score (nSPS) is 15.7. The predicted octanol–water partition coefficient (Wildman–Crippen LogP) is 4.55. The molecule has 3 aromatic rings. The topological polar surface area (TPSA) is 76.2 Å². The van der Waals surface area contributed by atoms with Gasteiger partial charge in [0, 0.05) is 30.1 Å². The number of thiophene rings is 1. The quantitative estimate of drug-likeness (QED) is 0.371. The van der Waals surface area contributed by atoms with Crippen LogP contribution in [0.1, 0.15) is 22.0 Å². The fourth-order valence-corrected chi connectivity index (χ4v) is 6.59. The summed E-state index contributed by atoms with van der Waals surface area (Å²) in [6.45, 7) is 2.70. The molecule has 2 heterocycles. The number of sulfonamides is 1. The zero-order valence-corrected chi connectivity index (χ0v) is 22.6. The van der Waals surface area contributed by atoms with E-state index in [0.717, 1.165) is 23.3 Å². The molecule has 1 aliphatic heterocycles. The lowest BCUT2D eigenvalue weighted by molar-refractivity contribution is -0.135. The van der Waals surface area contributed by atoms with Crippen LogP contribution in [-0.2, 0) is 26.0 Å². The highest BCUT2D eigenvalue weighted by Gasteiger charge is 2.35. The second-order valence-corrected chi connectivity index (χ2v) is 11.9. The third kappa shape index (κ3) is 6.10. The Bertz CT molecular complexity index is 1280. The van der Waals surface area contributed by atoms with Crippen molar-refractivity contribution in [1.82, 2.24) is 9.21 Å². The number of halogens is 1. The maximum absolute atomic E-state index is 13.6. The van der Waals surface area contributed by atoms with Gasteiger partial charge < -0.3 is 14.4 Å². The molecular formula is C26H29ClN2O5S2. The lowest BCUT2D eigenvalue weighted by Crippen LogP contribution is -2.48. The first kappa shape index (κ1) is 26.6. The summed E-state index contributed by atoms with van der Waals surface area (Å²) >= 11 is 7.61. The zero-order valence-electron chi connectivity index (χ0n) is 20.2. The molecule has 1 aliphatic rings. The van der Waals surface area contributed by atoms with Gasteiger partial charge in [-0.25, -0.2) is 8.42 Å². The minimum absolute atomic E-state index is 0.0509. The Labute approximate surface area is 221 Å². The van der Waals surface area contributed by atoms with Crippen LogP contribution in [0.5, 0.6) is 5.75 Å². The second kappa shape index (κ2) is 11.7. The summed E-state index contributed by atoms with van der Waals surface area (Å²) in [4.78, 5) is 16.6. The molecule has 0 bridgehead atoms. The number of fused-ring (bicyclic) bond motifs is 1. The van der Waals surface area contributed by atoms with Crippen LogP contribution in [0.4, 0.5) is 0 Å². The zero-order chi connectivity index (χ0) is 25.7. The first-order valence-corrected chi connectivity index (χ1v) is 14.3. The first-order valence-electron chi connectivity index (χ1n) is 11.6. The summed E-state index contributed by atoms with van der Waals surface area (Å²) in [6, 6.07) is 15.4. The summed E-state index contributed by atoms with van der Waals surface area (Å²) in [5.74, 6) is 0.445. The molecule has 1 unspecified atom stereocenters. The SMILES string of the molecule is COCCN(CC(=O)N1CCc2sccc2C1COc1ccc(C)cc1)S(=O)(=O)c1ccc(Cl)cc1. The number of carbonyl (C=O) groups excluding carboxylic acids is 1. The van der Waals surface area contributed by atoms with E-state index in [1.807, 2.05) is 42.6 Å². The predicted molar refractivity (Wildman–Crippen MR) is 141 cm³/mol. The highest BCUT2D eigenvalue weighted by Crippen LogP contribution is 2.34. The van der Waals surface area contributed by atoms with Crippen molar-refractivity contribution in [3.8, 4) is 5.75 Å². The fraction of sp³-hybridized carbons (Fsp3) is 0.346. The number of ether oxygens (including phenoxy) is 2. The second-order valence-electron chi connectivity index (χ2n) is 8.56. The van der Waals surface area contributed by atoms with Crippen molar-refractivity contribution in [3.63, 3.8) is 0 Å². The van der Waals surface area contributed by atoms with Gasteiger partial charge in [-0.15, -0.1) is 11.3 Å². The summed E-state index contributed by atoms with van der Waals surface area (Å²) in [5, 5.41) is 2.46. The molecule has 7 nitrogen and oxygen atoms in total. The minimum Gasteiger partial charge on any atom is -0.491 e. The molecule has 0 aliphatic carbocycles. The van der Waals surface area contributed by atoms with Gasteiger partial charge in [0.05, 0.1) is 24.1 Å². The molecule has 1 aromatic heterocycles. The van der Waals surface area contributed by atoms with Crippen LogP contribution in [-0.4, -0.2) is 63.5 Å². The van der Waals surface area contributed by atoms with Crippen molar-refractivity contribution in [2.45, 2.75) is 24.3 Å². The maximum Gasteiger partial charge on any atom is 0.243 e. The number of amides is 1. The highest BCUT2D eigenvalue weighted by atomic mass is 35.5. The summed E-state index contributed by atoms with van der Waals surface area (Å²) in [7, 11) is -2.44. The monoisotopic (exact) mass is 548 g/mol. The number of rotatable bonds is 10. The molecule has 2 aromatic carbocycles. The lowest BCUT2D eigenvalue weighted by atomic mass is 10.0. The summed E-state index contributed by atoms with van der Waals surface area (Å²) in [6.07, 6.45) is 0.724. The van der Waals surface area contributed by atoms with Crippen LogP contribution >= 0.6 is 22.9 Å². The fourth-order valence-electron chi connectivity index (χ4n) is 4.16. The first-order chi connectivity index (χ1) is 17.3. The Balaban J connectivity index is 1.55. The van der Waals surface area contributed by atoms with Crippen LogP contribution in [0, 0.1) is 6.92 Å². The lowest BCUT2D eigenvalue weighted by Gasteiger charge is -2.37. The molecule has 10 heteroatoms. The Morgan fingerprint density at radius 3 is 2.56 bits per heavy atom. The minimum atomic E-state index is -3.93. The van der Waals surface area contributed by atoms with Gasteiger partial charge in [-0.1, -0.05) is 29.3 Å². The van der Waals surface area contributed by atoms with E-state index < -0.39 is 10.0 Å². The van der Waals surface area contributed by atoms with Crippen molar-refractivity contribution in [1.29, 1.82) is 0 Å². The van der Waals surface area contributed by atoms with Gasteiger partial charge in [-0.2, -0.15) is 4.31 Å². The average Bonchev–Trinajstić information content (AvgIpc) is 3.35. The number of carbonyl (C=O) groups is 1. The molecule has 0 radical (unpaired) electrons. The Kier molecular flexibility index (Phi) is 8.69. The molecule has 1 atom stereocenters. The standard InChI is InChI=1S/C26H29ClN2O5S2/c1-19-3-7-21(8-4-19)34-18-24-23-12-16-35-25(23)11-13-29(24)26(30)17-28(14-15-33-2)36(31,32)22-9-5-20(27)6-10-22/h3-10,12,16,24H,11,13-15,17-18H2,1-2H3. The van der Waals surface area contributed by atoms with Gasteiger partial charge in [0.1, 0.15) is 12.4 Å². The largest absolute Gasteiger partial charge is 0.491 e. The van der Waals surface area contributed by atoms with Crippen molar-refractivity contribution in [3.05, 3.63) is 81.0 Å². The maximum atomic E-state index is 13.6. The van der Waals surface area contributed by atoms with Gasteiger partial charge in [0.25, 0.3) is 0 Å². The molecule has 0 N–H and O–H groups in total. The molecule has 0 spiro atoms. The summed E-state index contributed by atoms with van der Waals surface area (Å²) < 4.78 is 39.1. The van der Waals surface area contributed by atoms with Crippen LogP contribution in [0.2, 0.25) is 5.02 Å². The van der Waals surface area contributed by atoms with Crippen LogP contribution in [0.25, 0.3) is 0 Å². The van der Waals surface area contributed by atoms with E-state index >= 15 is 0 Å². The van der Waals surface area contributed by atoms with Gasteiger partial charge >= 0.3 is 0 Å². The number of aryl methyl sites for hydroxylation is 1. The number of hydrogen-bond donors (Lipinski definition) is 0. The molecular weight excluding hydrogens is 520 g/mol. The third-order valence-corrected chi connectivity index (χ3v) is 9.26. The van der Waals surface area contributed by atoms with Gasteiger partial charge in [-0.3, -0.25) is 4.79 Å². The van der Waals surface area contributed by atoms with E-state index in [2.05, 4.69) is 0 Å². The third-order valence-electron chi connectivity index (χ3n) is 6.15. The van der Waals surface area contributed by atoms with Crippen LogP contribution < -0.4 is 4.74 Å². The highest BCUT2D eigenvalue weighted by molar-refractivity contribution is 7.89. The molecule has 0 saturated heterocycles. The smallest absolute Gasteiger partial charge is 0.243 e. The molecule has 1 amide bonds. The molecule has 192 valence electrons. The van der Waals surface area contributed by atoms with Crippen molar-refractivity contribution in [2.24, 2.45) is 0 Å². The van der Waals surface area contributed by atoms with E-state index in [1.165, 1.54) is 40.6 Å². The van der Waals surface area contributed by atoms with Gasteiger partial charge in [0.15, 0.2) is 0 Å². The Morgan fingerprint density at radius 2 is 1.86 bits per heavy atom. The molecule has 4 rings (SSSR count). The van der Waals surface area contributed by atoms with E-state index in [-0.39, 0.29) is 43.1 Å². The van der Waals surface area contributed by atoms with E-state index in [4.69, 9.17) is 21.1 Å². The molecule has 0 fully saturated rings. The van der Waals surface area contributed by atoms with Gasteiger partial charge in [0.2, 0.25) is 15.9 Å². The van der Waals surface area contributed by atoms with Crippen molar-refractivity contribution in [2.75, 3.05) is 40.0 Å². The van der Waals surface area contributed by atoms with E-state index in [0.29, 0.717) is 11.6 Å². The Morgan fingerprint density at radius 1 is 1.14 bits per heavy atom. The van der Waals surface area contributed by atoms with Crippen molar-refractivity contribution < 1.29 is 22.7 Å². The number of methoxy groups -OCH3 is 1. The molecule has 0 saturated carbocycles.